The molecule has 1 N–H and O–H groups in total. The molecule has 4 nitrogen and oxygen atoms in total. The molecule has 2 aromatic carbocycles. The van der Waals surface area contributed by atoms with Crippen LogP contribution in [0.2, 0.25) is 0 Å². The van der Waals surface area contributed by atoms with Crippen LogP contribution in [0.25, 0.3) is 0 Å². The topological polar surface area (TPSA) is 40.0 Å². The molecule has 2 aliphatic rings. The Balaban J connectivity index is 1.67. The van der Waals surface area contributed by atoms with Crippen LogP contribution >= 0.6 is 0 Å². The fraction of sp³-hybridized carbons (Fsp3) is 0.158. The predicted molar refractivity (Wildman–Crippen MR) is 91.8 cm³/mol. The molecule has 1 aliphatic heterocycles. The van der Waals surface area contributed by atoms with E-state index in [0.29, 0.717) is 0 Å². The largest absolute Gasteiger partial charge is 0.360 e. The Labute approximate surface area is 135 Å². The third-order valence-corrected chi connectivity index (χ3v) is 4.13. The van der Waals surface area contributed by atoms with E-state index >= 15 is 0 Å². The van der Waals surface area contributed by atoms with Crippen molar-refractivity contribution in [2.45, 2.75) is 18.2 Å². The normalized spacial score (nSPS) is 22.9. The summed E-state index contributed by atoms with van der Waals surface area (Å²) in [6.45, 7) is 0. The molecule has 3 unspecified atom stereocenters. The smallest absolute Gasteiger partial charge is 0.144 e. The number of benzene rings is 2. The van der Waals surface area contributed by atoms with Crippen LogP contribution in [0, 0.1) is 0 Å². The Morgan fingerprint density at radius 3 is 2.35 bits per heavy atom. The molecule has 0 bridgehead atoms. The van der Waals surface area contributed by atoms with Crippen LogP contribution in [0.1, 0.15) is 11.7 Å². The lowest BCUT2D eigenvalue weighted by Crippen LogP contribution is -2.39. The van der Waals surface area contributed by atoms with Crippen molar-refractivity contribution in [3.05, 3.63) is 90.5 Å². The molecule has 23 heavy (non-hydrogen) atoms. The maximum atomic E-state index is 4.45. The number of allylic oxidation sites excluding steroid dienone is 2. The highest BCUT2D eigenvalue weighted by Crippen LogP contribution is 2.33. The van der Waals surface area contributed by atoms with E-state index in [1.54, 1.807) is 0 Å². The molecule has 0 spiro atoms. The van der Waals surface area contributed by atoms with Crippen molar-refractivity contribution >= 4 is 5.69 Å². The highest BCUT2D eigenvalue weighted by Gasteiger charge is 2.35. The molecule has 3 atom stereocenters. The number of para-hydroxylation sites is 1. The SMILES string of the molecule is C1=CC2N=NN(C(Nc3ccccc3)c3ccccc3)C2C=C1. The molecular formula is C19H18N4. The van der Waals surface area contributed by atoms with Crippen LogP contribution in [0.5, 0.6) is 0 Å². The molecule has 1 aliphatic carbocycles. The Morgan fingerprint density at radius 2 is 1.57 bits per heavy atom. The summed E-state index contributed by atoms with van der Waals surface area (Å²) in [7, 11) is 0. The first-order chi connectivity index (χ1) is 11.4. The predicted octanol–water partition coefficient (Wildman–Crippen LogP) is 4.34. The summed E-state index contributed by atoms with van der Waals surface area (Å²) in [6, 6.07) is 20.8. The van der Waals surface area contributed by atoms with Gasteiger partial charge in [0.1, 0.15) is 12.2 Å². The first-order valence-electron chi connectivity index (χ1n) is 7.82. The molecule has 2 aromatic rings. The molecular weight excluding hydrogens is 284 g/mol. The zero-order valence-corrected chi connectivity index (χ0v) is 12.7. The van der Waals surface area contributed by atoms with E-state index in [2.05, 4.69) is 70.3 Å². The lowest BCUT2D eigenvalue weighted by atomic mass is 10.0. The Kier molecular flexibility index (Phi) is 3.64. The molecule has 0 saturated heterocycles. The maximum absolute atomic E-state index is 4.45. The van der Waals surface area contributed by atoms with E-state index < -0.39 is 0 Å². The second kappa shape index (κ2) is 6.08. The summed E-state index contributed by atoms with van der Waals surface area (Å²) < 4.78 is 0. The summed E-state index contributed by atoms with van der Waals surface area (Å²) >= 11 is 0. The van der Waals surface area contributed by atoms with Gasteiger partial charge in [-0.25, -0.2) is 5.01 Å². The first kappa shape index (κ1) is 13.8. The van der Waals surface area contributed by atoms with Gasteiger partial charge in [0, 0.05) is 5.69 Å². The van der Waals surface area contributed by atoms with Crippen molar-refractivity contribution in [2.24, 2.45) is 10.3 Å². The second-order valence-corrected chi connectivity index (χ2v) is 5.66. The molecule has 0 saturated carbocycles. The average Bonchev–Trinajstić information content (AvgIpc) is 3.05. The van der Waals surface area contributed by atoms with Crippen molar-refractivity contribution in [2.75, 3.05) is 5.32 Å². The fourth-order valence-corrected chi connectivity index (χ4v) is 2.97. The standard InChI is InChI=1S/C19H18N4/c1-3-9-15(10-4-1)19(20-16-11-5-2-6-12-16)23-18-14-8-7-13-17(18)21-22-23/h1-14,17-20H. The Hall–Kier alpha value is -2.88. The number of nitrogens with zero attached hydrogens (tertiary/aromatic N) is 3. The van der Waals surface area contributed by atoms with Gasteiger partial charge in [0.25, 0.3) is 0 Å². The van der Waals surface area contributed by atoms with Crippen molar-refractivity contribution < 1.29 is 0 Å². The molecule has 114 valence electrons. The van der Waals surface area contributed by atoms with Crippen LogP contribution in [-0.2, 0) is 0 Å². The number of anilines is 1. The van der Waals surface area contributed by atoms with Gasteiger partial charge in [-0.05, 0) is 17.7 Å². The van der Waals surface area contributed by atoms with Gasteiger partial charge in [-0.1, -0.05) is 78.1 Å². The number of hydrogen-bond acceptors (Lipinski definition) is 4. The summed E-state index contributed by atoms with van der Waals surface area (Å²) in [4.78, 5) is 0. The van der Waals surface area contributed by atoms with E-state index in [1.807, 2.05) is 35.4 Å². The van der Waals surface area contributed by atoms with Crippen LogP contribution < -0.4 is 5.32 Å². The van der Waals surface area contributed by atoms with Gasteiger partial charge in [0.2, 0.25) is 0 Å². The van der Waals surface area contributed by atoms with Gasteiger partial charge in [0.15, 0.2) is 0 Å². The minimum Gasteiger partial charge on any atom is -0.360 e. The Morgan fingerprint density at radius 1 is 0.870 bits per heavy atom. The highest BCUT2D eigenvalue weighted by atomic mass is 15.6. The highest BCUT2D eigenvalue weighted by molar-refractivity contribution is 5.45. The molecule has 0 aromatic heterocycles. The summed E-state index contributed by atoms with van der Waals surface area (Å²) in [5, 5.41) is 14.5. The van der Waals surface area contributed by atoms with Gasteiger partial charge in [-0.15, -0.1) is 0 Å². The molecule has 4 rings (SSSR count). The quantitative estimate of drug-likeness (QED) is 0.912. The average molecular weight is 302 g/mol. The van der Waals surface area contributed by atoms with E-state index in [9.17, 15) is 0 Å². The van der Waals surface area contributed by atoms with Crippen LogP contribution in [-0.4, -0.2) is 17.1 Å². The van der Waals surface area contributed by atoms with Crippen molar-refractivity contribution in [1.29, 1.82) is 0 Å². The second-order valence-electron chi connectivity index (χ2n) is 5.66. The number of nitrogens with one attached hydrogen (secondary N) is 1. The third kappa shape index (κ3) is 2.75. The number of rotatable bonds is 4. The van der Waals surface area contributed by atoms with Crippen LogP contribution in [0.15, 0.2) is 95.3 Å². The van der Waals surface area contributed by atoms with E-state index in [1.165, 1.54) is 5.56 Å². The van der Waals surface area contributed by atoms with Gasteiger partial charge < -0.3 is 5.32 Å². The van der Waals surface area contributed by atoms with E-state index in [4.69, 9.17) is 0 Å². The van der Waals surface area contributed by atoms with Gasteiger partial charge in [-0.3, -0.25) is 0 Å². The van der Waals surface area contributed by atoms with Crippen molar-refractivity contribution in [1.82, 2.24) is 5.01 Å². The van der Waals surface area contributed by atoms with Crippen LogP contribution in [0.3, 0.4) is 0 Å². The zero-order chi connectivity index (χ0) is 15.5. The molecule has 1 heterocycles. The molecule has 0 radical (unpaired) electrons. The van der Waals surface area contributed by atoms with Crippen molar-refractivity contribution in [3.63, 3.8) is 0 Å². The summed E-state index contributed by atoms with van der Waals surface area (Å²) in [5.41, 5.74) is 2.23. The molecule has 0 amide bonds. The molecule has 0 fully saturated rings. The third-order valence-electron chi connectivity index (χ3n) is 4.13. The van der Waals surface area contributed by atoms with E-state index in [0.717, 1.165) is 5.69 Å². The zero-order valence-electron chi connectivity index (χ0n) is 12.7. The van der Waals surface area contributed by atoms with Gasteiger partial charge in [0.05, 0.1) is 6.04 Å². The molecule has 4 heteroatoms. The summed E-state index contributed by atoms with van der Waals surface area (Å²) in [6.07, 6.45) is 8.29. The number of fused-ring (bicyclic) bond motifs is 1. The van der Waals surface area contributed by atoms with Crippen molar-refractivity contribution in [3.8, 4) is 0 Å². The van der Waals surface area contributed by atoms with Crippen LogP contribution in [0.4, 0.5) is 5.69 Å². The number of hydrogen-bond donors (Lipinski definition) is 1. The van der Waals surface area contributed by atoms with E-state index in [-0.39, 0.29) is 18.2 Å². The Bertz CT molecular complexity index is 736. The van der Waals surface area contributed by atoms with Gasteiger partial charge in [-0.2, -0.15) is 5.11 Å². The monoisotopic (exact) mass is 302 g/mol. The lowest BCUT2D eigenvalue weighted by Gasteiger charge is -2.32. The summed E-state index contributed by atoms with van der Waals surface area (Å²) in [5.74, 6) is 0. The maximum Gasteiger partial charge on any atom is 0.144 e. The first-order valence-corrected chi connectivity index (χ1v) is 7.82. The van der Waals surface area contributed by atoms with Gasteiger partial charge >= 0.3 is 0 Å². The minimum absolute atomic E-state index is 0.0616. The lowest BCUT2D eigenvalue weighted by molar-refractivity contribution is 0.204. The fourth-order valence-electron chi connectivity index (χ4n) is 2.97. The minimum atomic E-state index is -0.0616.